The van der Waals surface area contributed by atoms with Crippen molar-refractivity contribution in [1.29, 1.82) is 0 Å². The molecule has 0 aliphatic carbocycles. The maximum absolute atomic E-state index is 12.5. The van der Waals surface area contributed by atoms with Crippen molar-refractivity contribution < 1.29 is 4.79 Å². The predicted octanol–water partition coefficient (Wildman–Crippen LogP) is 2.21. The summed E-state index contributed by atoms with van der Waals surface area (Å²) in [5.41, 5.74) is 2.09. The van der Waals surface area contributed by atoms with Gasteiger partial charge in [-0.05, 0) is 31.4 Å². The number of carbonyl (C=O) groups excluding carboxylic acids is 1. The summed E-state index contributed by atoms with van der Waals surface area (Å²) in [6.45, 7) is 4.72. The first-order chi connectivity index (χ1) is 10.1. The summed E-state index contributed by atoms with van der Waals surface area (Å²) in [5, 5.41) is 9.27. The molecule has 0 saturated heterocycles. The van der Waals surface area contributed by atoms with E-state index in [2.05, 4.69) is 27.8 Å². The molecule has 1 atom stereocenters. The van der Waals surface area contributed by atoms with Crippen LogP contribution in [0, 0.1) is 0 Å². The van der Waals surface area contributed by atoms with E-state index in [9.17, 15) is 4.79 Å². The lowest BCUT2D eigenvalue weighted by Crippen LogP contribution is -2.52. The van der Waals surface area contributed by atoms with E-state index in [4.69, 9.17) is 0 Å². The second-order valence-corrected chi connectivity index (χ2v) is 6.75. The van der Waals surface area contributed by atoms with E-state index in [0.717, 1.165) is 18.0 Å². The Morgan fingerprint density at radius 3 is 2.86 bits per heavy atom. The SMILES string of the molecule is CC(C)(NC(=O)[C@@H]1Cc2ccccc2CN1)c1nccs1. The van der Waals surface area contributed by atoms with Crippen molar-refractivity contribution >= 4 is 17.2 Å². The lowest BCUT2D eigenvalue weighted by molar-refractivity contribution is -0.125. The van der Waals surface area contributed by atoms with Gasteiger partial charge in [-0.15, -0.1) is 11.3 Å². The molecule has 1 aliphatic rings. The number of fused-ring (bicyclic) bond motifs is 1. The molecule has 1 aromatic heterocycles. The zero-order valence-electron chi connectivity index (χ0n) is 12.2. The molecule has 0 radical (unpaired) electrons. The van der Waals surface area contributed by atoms with Gasteiger partial charge in [0.25, 0.3) is 0 Å². The van der Waals surface area contributed by atoms with Gasteiger partial charge in [-0.2, -0.15) is 0 Å². The largest absolute Gasteiger partial charge is 0.343 e. The van der Waals surface area contributed by atoms with Gasteiger partial charge >= 0.3 is 0 Å². The number of carbonyl (C=O) groups is 1. The van der Waals surface area contributed by atoms with E-state index in [-0.39, 0.29) is 11.9 Å². The first-order valence-electron chi connectivity index (χ1n) is 7.08. The van der Waals surface area contributed by atoms with Gasteiger partial charge in [0.15, 0.2) is 0 Å². The van der Waals surface area contributed by atoms with Crippen LogP contribution in [0.2, 0.25) is 0 Å². The number of nitrogens with one attached hydrogen (secondary N) is 2. The van der Waals surface area contributed by atoms with Gasteiger partial charge in [0.1, 0.15) is 5.01 Å². The molecular weight excluding hydrogens is 282 g/mol. The van der Waals surface area contributed by atoms with E-state index < -0.39 is 5.54 Å². The number of nitrogens with zero attached hydrogens (tertiary/aromatic N) is 1. The molecule has 21 heavy (non-hydrogen) atoms. The summed E-state index contributed by atoms with van der Waals surface area (Å²) in [7, 11) is 0. The van der Waals surface area contributed by atoms with E-state index >= 15 is 0 Å². The van der Waals surface area contributed by atoms with Gasteiger partial charge in [-0.1, -0.05) is 24.3 Å². The Hall–Kier alpha value is -1.72. The Morgan fingerprint density at radius 1 is 1.38 bits per heavy atom. The Morgan fingerprint density at radius 2 is 2.14 bits per heavy atom. The second-order valence-electron chi connectivity index (χ2n) is 5.86. The Labute approximate surface area is 128 Å². The predicted molar refractivity (Wildman–Crippen MR) is 84.1 cm³/mol. The first kappa shape index (κ1) is 14.2. The standard InChI is InChI=1S/C16H19N3OS/c1-16(2,15-17-7-8-21-15)19-14(20)13-9-11-5-3-4-6-12(11)10-18-13/h3-8,13,18H,9-10H2,1-2H3,(H,19,20)/t13-/m0/s1. The summed E-state index contributed by atoms with van der Waals surface area (Å²) in [5.74, 6) is 0.0321. The zero-order chi connectivity index (χ0) is 14.9. The normalized spacial score (nSPS) is 18.1. The highest BCUT2D eigenvalue weighted by Gasteiger charge is 2.30. The number of hydrogen-bond acceptors (Lipinski definition) is 4. The molecule has 3 rings (SSSR count). The zero-order valence-corrected chi connectivity index (χ0v) is 13.0. The van der Waals surface area contributed by atoms with Crippen LogP contribution < -0.4 is 10.6 Å². The highest BCUT2D eigenvalue weighted by molar-refractivity contribution is 7.09. The average Bonchev–Trinajstić information content (AvgIpc) is 3.01. The first-order valence-corrected chi connectivity index (χ1v) is 7.96. The van der Waals surface area contributed by atoms with Gasteiger partial charge < -0.3 is 10.6 Å². The van der Waals surface area contributed by atoms with Crippen LogP contribution in [-0.2, 0) is 23.3 Å². The fourth-order valence-corrected chi connectivity index (χ4v) is 3.34. The third kappa shape index (κ3) is 2.99. The van der Waals surface area contributed by atoms with Crippen LogP contribution in [0.5, 0.6) is 0 Å². The smallest absolute Gasteiger partial charge is 0.238 e. The number of thiazole rings is 1. The van der Waals surface area contributed by atoms with Gasteiger partial charge in [-0.3, -0.25) is 4.79 Å². The van der Waals surface area contributed by atoms with Crippen LogP contribution in [0.4, 0.5) is 0 Å². The van der Waals surface area contributed by atoms with Crippen LogP contribution >= 0.6 is 11.3 Å². The Balaban J connectivity index is 1.70. The van der Waals surface area contributed by atoms with Gasteiger partial charge in [0.05, 0.1) is 11.6 Å². The van der Waals surface area contributed by atoms with Crippen molar-refractivity contribution in [1.82, 2.24) is 15.6 Å². The minimum atomic E-state index is -0.441. The third-order valence-electron chi connectivity index (χ3n) is 3.80. The molecule has 110 valence electrons. The molecule has 0 spiro atoms. The van der Waals surface area contributed by atoms with E-state index in [1.54, 1.807) is 17.5 Å². The molecule has 0 bridgehead atoms. The van der Waals surface area contributed by atoms with Crippen molar-refractivity contribution in [2.75, 3.05) is 0 Å². The maximum Gasteiger partial charge on any atom is 0.238 e. The second kappa shape index (κ2) is 5.58. The van der Waals surface area contributed by atoms with E-state index in [1.807, 2.05) is 31.4 Å². The molecule has 2 aromatic rings. The molecular formula is C16H19N3OS. The van der Waals surface area contributed by atoms with Crippen LogP contribution in [0.1, 0.15) is 30.0 Å². The molecule has 1 aromatic carbocycles. The Kier molecular flexibility index (Phi) is 3.78. The van der Waals surface area contributed by atoms with Crippen LogP contribution in [0.15, 0.2) is 35.8 Å². The summed E-state index contributed by atoms with van der Waals surface area (Å²) in [6.07, 6.45) is 2.50. The van der Waals surface area contributed by atoms with Crippen LogP contribution in [0.25, 0.3) is 0 Å². The third-order valence-corrected chi connectivity index (χ3v) is 4.90. The van der Waals surface area contributed by atoms with Crippen molar-refractivity contribution in [3.63, 3.8) is 0 Å². The molecule has 1 aliphatic heterocycles. The summed E-state index contributed by atoms with van der Waals surface area (Å²) in [6, 6.07) is 8.09. The van der Waals surface area contributed by atoms with Crippen molar-refractivity contribution in [3.8, 4) is 0 Å². The molecule has 0 saturated carbocycles. The van der Waals surface area contributed by atoms with Gasteiger partial charge in [-0.25, -0.2) is 4.98 Å². The molecule has 4 nitrogen and oxygen atoms in total. The molecule has 2 heterocycles. The highest BCUT2D eigenvalue weighted by Crippen LogP contribution is 2.23. The lowest BCUT2D eigenvalue weighted by atomic mass is 9.94. The molecule has 0 unspecified atom stereocenters. The fraction of sp³-hybridized carbons (Fsp3) is 0.375. The fourth-order valence-electron chi connectivity index (χ4n) is 2.62. The monoisotopic (exact) mass is 301 g/mol. The Bertz CT molecular complexity index is 637. The highest BCUT2D eigenvalue weighted by atomic mass is 32.1. The molecule has 1 amide bonds. The van der Waals surface area contributed by atoms with Crippen molar-refractivity contribution in [3.05, 3.63) is 52.0 Å². The van der Waals surface area contributed by atoms with Crippen molar-refractivity contribution in [2.45, 2.75) is 38.4 Å². The maximum atomic E-state index is 12.5. The number of rotatable bonds is 3. The summed E-state index contributed by atoms with van der Waals surface area (Å²) in [4.78, 5) is 16.8. The van der Waals surface area contributed by atoms with E-state index in [1.165, 1.54) is 11.1 Å². The van der Waals surface area contributed by atoms with Gasteiger partial charge in [0.2, 0.25) is 5.91 Å². The number of amides is 1. The van der Waals surface area contributed by atoms with Crippen LogP contribution in [0.3, 0.4) is 0 Å². The minimum absolute atomic E-state index is 0.0321. The number of hydrogen-bond donors (Lipinski definition) is 2. The molecule has 5 heteroatoms. The van der Waals surface area contributed by atoms with Crippen LogP contribution in [-0.4, -0.2) is 16.9 Å². The average molecular weight is 301 g/mol. The van der Waals surface area contributed by atoms with Gasteiger partial charge in [0, 0.05) is 18.1 Å². The topological polar surface area (TPSA) is 54.0 Å². The minimum Gasteiger partial charge on any atom is -0.343 e. The number of aromatic nitrogens is 1. The summed E-state index contributed by atoms with van der Waals surface area (Å²) < 4.78 is 0. The molecule has 0 fully saturated rings. The summed E-state index contributed by atoms with van der Waals surface area (Å²) >= 11 is 1.56. The quantitative estimate of drug-likeness (QED) is 0.914. The lowest BCUT2D eigenvalue weighted by Gasteiger charge is -2.30. The molecule has 2 N–H and O–H groups in total. The van der Waals surface area contributed by atoms with Crippen molar-refractivity contribution in [2.24, 2.45) is 0 Å². The number of benzene rings is 1. The van der Waals surface area contributed by atoms with E-state index in [0.29, 0.717) is 0 Å².